The van der Waals surface area contributed by atoms with Gasteiger partial charge in [-0.1, -0.05) is 18.2 Å². The number of benzene rings is 2. The molecule has 0 radical (unpaired) electrons. The van der Waals surface area contributed by atoms with Crippen molar-refractivity contribution in [3.63, 3.8) is 0 Å². The van der Waals surface area contributed by atoms with E-state index in [0.29, 0.717) is 10.2 Å². The van der Waals surface area contributed by atoms with Crippen LogP contribution < -0.4 is 9.47 Å². The fourth-order valence-electron chi connectivity index (χ4n) is 2.66. The molecule has 0 saturated carbocycles. The minimum atomic E-state index is -4.86. The zero-order chi connectivity index (χ0) is 21.2. The molecule has 0 fully saturated rings. The zero-order valence-electron chi connectivity index (χ0n) is 15.4. The van der Waals surface area contributed by atoms with Crippen molar-refractivity contribution >= 4 is 11.8 Å². The predicted octanol–water partition coefficient (Wildman–Crippen LogP) is 4.32. The van der Waals surface area contributed by atoms with Crippen LogP contribution in [0, 0.1) is 0 Å². The number of esters is 1. The van der Waals surface area contributed by atoms with E-state index in [9.17, 15) is 22.8 Å². The van der Waals surface area contributed by atoms with E-state index in [-0.39, 0.29) is 23.0 Å². The van der Waals surface area contributed by atoms with Gasteiger partial charge in [0.15, 0.2) is 23.0 Å². The fourth-order valence-corrected chi connectivity index (χ4v) is 2.66. The molecule has 0 N–H and O–H groups in total. The molecule has 0 aliphatic rings. The molecule has 29 heavy (non-hydrogen) atoms. The molecule has 3 rings (SSSR count). The number of hydrogen-bond acceptors (Lipinski definition) is 5. The van der Waals surface area contributed by atoms with Gasteiger partial charge in [-0.2, -0.15) is 18.3 Å². The normalized spacial score (nSPS) is 11.2. The molecular weight excluding hydrogens is 389 g/mol. The van der Waals surface area contributed by atoms with Crippen LogP contribution in [0.25, 0.3) is 5.69 Å². The molecule has 0 aliphatic carbocycles. The van der Waals surface area contributed by atoms with Gasteiger partial charge >= 0.3 is 12.1 Å². The Kier molecular flexibility index (Phi) is 5.40. The number of para-hydroxylation sites is 1. The lowest BCUT2D eigenvalue weighted by Crippen LogP contribution is -2.19. The highest BCUT2D eigenvalue weighted by Crippen LogP contribution is 2.35. The number of ether oxygens (including phenoxy) is 2. The maximum atomic E-state index is 13.7. The van der Waals surface area contributed by atoms with E-state index in [1.165, 1.54) is 44.4 Å². The van der Waals surface area contributed by atoms with E-state index >= 15 is 0 Å². The highest BCUT2D eigenvalue weighted by Gasteiger charge is 2.41. The summed E-state index contributed by atoms with van der Waals surface area (Å²) in [5.41, 5.74) is -1.57. The van der Waals surface area contributed by atoms with Crippen molar-refractivity contribution in [1.29, 1.82) is 0 Å². The Hall–Kier alpha value is -3.62. The van der Waals surface area contributed by atoms with Crippen molar-refractivity contribution in [3.8, 4) is 17.2 Å². The van der Waals surface area contributed by atoms with E-state index in [4.69, 9.17) is 9.47 Å². The van der Waals surface area contributed by atoms with Crippen molar-refractivity contribution in [2.45, 2.75) is 13.1 Å². The molecule has 0 aliphatic heterocycles. The summed E-state index contributed by atoms with van der Waals surface area (Å²) in [4.78, 5) is 24.0. The number of methoxy groups -OCH3 is 1. The number of halogens is 3. The first-order valence-electron chi connectivity index (χ1n) is 8.34. The number of ketones is 1. The average Bonchev–Trinajstić information content (AvgIpc) is 3.14. The summed E-state index contributed by atoms with van der Waals surface area (Å²) < 4.78 is 51.9. The average molecular weight is 404 g/mol. The monoisotopic (exact) mass is 404 g/mol. The molecule has 150 valence electrons. The number of alkyl halides is 3. The van der Waals surface area contributed by atoms with E-state index < -0.39 is 23.4 Å². The van der Waals surface area contributed by atoms with Crippen LogP contribution in [0.5, 0.6) is 11.5 Å². The summed E-state index contributed by atoms with van der Waals surface area (Å²) >= 11 is 0. The molecule has 0 saturated heterocycles. The molecule has 0 atom stereocenters. The van der Waals surface area contributed by atoms with Gasteiger partial charge in [-0.3, -0.25) is 4.79 Å². The summed E-state index contributed by atoms with van der Waals surface area (Å²) in [5, 5.41) is 3.72. The van der Waals surface area contributed by atoms with Crippen molar-refractivity contribution in [1.82, 2.24) is 9.78 Å². The van der Waals surface area contributed by atoms with Crippen molar-refractivity contribution in [2.75, 3.05) is 7.11 Å². The first-order chi connectivity index (χ1) is 13.7. The Bertz CT molecular complexity index is 1060. The highest BCUT2D eigenvalue weighted by molar-refractivity contribution is 5.95. The van der Waals surface area contributed by atoms with Crippen LogP contribution in [-0.2, 0) is 6.18 Å². The van der Waals surface area contributed by atoms with Gasteiger partial charge in [0.1, 0.15) is 5.56 Å². The Morgan fingerprint density at radius 3 is 2.31 bits per heavy atom. The molecule has 6 nitrogen and oxygen atoms in total. The molecular formula is C20H15F3N2O4. The largest absolute Gasteiger partial charge is 0.493 e. The smallest absolute Gasteiger partial charge is 0.434 e. The maximum absolute atomic E-state index is 13.7. The van der Waals surface area contributed by atoms with Crippen molar-refractivity contribution in [3.05, 3.63) is 71.5 Å². The Morgan fingerprint density at radius 2 is 1.72 bits per heavy atom. The zero-order valence-corrected chi connectivity index (χ0v) is 15.4. The van der Waals surface area contributed by atoms with Crippen LogP contribution in [-0.4, -0.2) is 28.6 Å². The van der Waals surface area contributed by atoms with Crippen LogP contribution in [0.15, 0.2) is 54.7 Å². The van der Waals surface area contributed by atoms with Crippen molar-refractivity contribution in [2.24, 2.45) is 0 Å². The van der Waals surface area contributed by atoms with Crippen LogP contribution in [0.2, 0.25) is 0 Å². The first kappa shape index (κ1) is 20.1. The van der Waals surface area contributed by atoms with E-state index in [0.717, 1.165) is 6.20 Å². The highest BCUT2D eigenvalue weighted by atomic mass is 19.4. The molecule has 9 heteroatoms. The summed E-state index contributed by atoms with van der Waals surface area (Å²) in [6.07, 6.45) is -4.06. The van der Waals surface area contributed by atoms with Crippen LogP contribution in [0.3, 0.4) is 0 Å². The van der Waals surface area contributed by atoms with Crippen molar-refractivity contribution < 1.29 is 32.2 Å². The van der Waals surface area contributed by atoms with Gasteiger partial charge in [0.05, 0.1) is 19.0 Å². The Labute approximate surface area is 163 Å². The second kappa shape index (κ2) is 7.78. The van der Waals surface area contributed by atoms with Crippen LogP contribution in [0.1, 0.15) is 33.3 Å². The third-order valence-electron chi connectivity index (χ3n) is 4.03. The van der Waals surface area contributed by atoms with Gasteiger partial charge < -0.3 is 9.47 Å². The van der Waals surface area contributed by atoms with Gasteiger partial charge in [-0.05, 0) is 37.3 Å². The number of hydrogen-bond donors (Lipinski definition) is 0. The molecule has 1 aromatic heterocycles. The summed E-state index contributed by atoms with van der Waals surface area (Å²) in [6, 6.07) is 11.6. The van der Waals surface area contributed by atoms with E-state index in [1.54, 1.807) is 18.2 Å². The molecule has 0 bridgehead atoms. The third-order valence-corrected chi connectivity index (χ3v) is 4.03. The summed E-state index contributed by atoms with van der Waals surface area (Å²) in [5.74, 6) is -1.59. The number of carbonyl (C=O) groups is 2. The standard InChI is InChI=1S/C20H15F3N2O4/c1-12(26)13-8-9-16(17(10-13)28-2)29-19(27)15-11-24-25(18(15)20(21,22)23)14-6-4-3-5-7-14/h3-11H,1-2H3. The van der Waals surface area contributed by atoms with Gasteiger partial charge in [0.25, 0.3) is 0 Å². The maximum Gasteiger partial charge on any atom is 0.434 e. The van der Waals surface area contributed by atoms with Gasteiger partial charge in [-0.25, -0.2) is 9.48 Å². The second-order valence-corrected chi connectivity index (χ2v) is 5.96. The number of aromatic nitrogens is 2. The minimum Gasteiger partial charge on any atom is -0.493 e. The minimum absolute atomic E-state index is 0.0371. The quantitative estimate of drug-likeness (QED) is 0.360. The molecule has 2 aromatic carbocycles. The second-order valence-electron chi connectivity index (χ2n) is 5.96. The van der Waals surface area contributed by atoms with Crippen LogP contribution in [0.4, 0.5) is 13.2 Å². The lowest BCUT2D eigenvalue weighted by Gasteiger charge is -2.13. The summed E-state index contributed by atoms with van der Waals surface area (Å²) in [6.45, 7) is 1.34. The van der Waals surface area contributed by atoms with Gasteiger partial charge in [-0.15, -0.1) is 0 Å². The predicted molar refractivity (Wildman–Crippen MR) is 96.5 cm³/mol. The number of Topliss-reactive ketones (excluding diaryl/α,β-unsaturated/α-hetero) is 1. The molecule has 0 unspecified atom stereocenters. The lowest BCUT2D eigenvalue weighted by atomic mass is 10.1. The van der Waals surface area contributed by atoms with Crippen LogP contribution >= 0.6 is 0 Å². The Balaban J connectivity index is 2.00. The number of nitrogens with zero attached hydrogens (tertiary/aromatic N) is 2. The first-order valence-corrected chi connectivity index (χ1v) is 8.34. The van der Waals surface area contributed by atoms with Gasteiger partial charge in [0.2, 0.25) is 0 Å². The lowest BCUT2D eigenvalue weighted by molar-refractivity contribution is -0.143. The Morgan fingerprint density at radius 1 is 1.03 bits per heavy atom. The molecule has 3 aromatic rings. The molecule has 0 amide bonds. The fraction of sp³-hybridized carbons (Fsp3) is 0.150. The SMILES string of the molecule is COc1cc(C(C)=O)ccc1OC(=O)c1cnn(-c2ccccc2)c1C(F)(F)F. The van der Waals surface area contributed by atoms with E-state index in [2.05, 4.69) is 5.10 Å². The number of carbonyl (C=O) groups excluding carboxylic acids is 2. The topological polar surface area (TPSA) is 70.4 Å². The molecule has 0 spiro atoms. The number of rotatable bonds is 5. The molecule has 1 heterocycles. The summed E-state index contributed by atoms with van der Waals surface area (Å²) in [7, 11) is 1.28. The van der Waals surface area contributed by atoms with Gasteiger partial charge in [0, 0.05) is 5.56 Å². The third kappa shape index (κ3) is 4.13. The van der Waals surface area contributed by atoms with E-state index in [1.807, 2.05) is 0 Å².